The second-order valence-electron chi connectivity index (χ2n) is 3.42. The van der Waals surface area contributed by atoms with Gasteiger partial charge in [0.25, 0.3) is 0 Å². The van der Waals surface area contributed by atoms with Crippen molar-refractivity contribution < 1.29 is 0 Å². The molecule has 2 nitrogen and oxygen atoms in total. The van der Waals surface area contributed by atoms with Crippen LogP contribution in [0.15, 0.2) is 29.2 Å². The summed E-state index contributed by atoms with van der Waals surface area (Å²) in [6.45, 7) is 6.07. The van der Waals surface area contributed by atoms with Crippen molar-refractivity contribution in [3.63, 3.8) is 0 Å². The van der Waals surface area contributed by atoms with Gasteiger partial charge in [0.15, 0.2) is 0 Å². The molecule has 0 bridgehead atoms. The molecule has 1 atom stereocenters. The summed E-state index contributed by atoms with van der Waals surface area (Å²) in [5, 5.41) is 3.26. The molecule has 0 spiro atoms. The van der Waals surface area contributed by atoms with E-state index < -0.39 is 0 Å². The Hall–Kier alpha value is -0.510. The first-order chi connectivity index (χ1) is 7.27. The molecule has 84 valence electrons. The molecule has 0 saturated carbocycles. The number of thioether (sulfide) groups is 1. The fraction of sp³-hybridized carbons (Fsp3) is 0.500. The van der Waals surface area contributed by atoms with Crippen molar-refractivity contribution in [2.45, 2.75) is 24.8 Å². The maximum absolute atomic E-state index is 6.04. The topological polar surface area (TPSA) is 38.0 Å². The largest absolute Gasteiger partial charge is 0.323 e. The molecule has 0 fully saturated rings. The summed E-state index contributed by atoms with van der Waals surface area (Å²) in [7, 11) is 0. The van der Waals surface area contributed by atoms with Crippen LogP contribution in [0.25, 0.3) is 0 Å². The lowest BCUT2D eigenvalue weighted by atomic mass is 10.1. The van der Waals surface area contributed by atoms with Crippen LogP contribution in [0.5, 0.6) is 0 Å². The van der Waals surface area contributed by atoms with E-state index in [0.717, 1.165) is 18.8 Å². The summed E-state index contributed by atoms with van der Waals surface area (Å²) in [6.07, 6.45) is 0. The van der Waals surface area contributed by atoms with Gasteiger partial charge in [-0.15, -0.1) is 11.8 Å². The zero-order chi connectivity index (χ0) is 11.1. The van der Waals surface area contributed by atoms with Crippen molar-refractivity contribution in [2.24, 2.45) is 5.73 Å². The predicted octanol–water partition coefficient (Wildman–Crippen LogP) is 2.41. The van der Waals surface area contributed by atoms with Gasteiger partial charge >= 0.3 is 0 Å². The Morgan fingerprint density at radius 3 is 2.47 bits per heavy atom. The first-order valence-electron chi connectivity index (χ1n) is 5.47. The monoisotopic (exact) mass is 224 g/mol. The molecule has 1 unspecified atom stereocenters. The predicted molar refractivity (Wildman–Crippen MR) is 68.3 cm³/mol. The second kappa shape index (κ2) is 6.88. The smallest absolute Gasteiger partial charge is 0.0421 e. The third-order valence-corrected chi connectivity index (χ3v) is 3.13. The highest BCUT2D eigenvalue weighted by atomic mass is 32.2. The van der Waals surface area contributed by atoms with Crippen LogP contribution in [0, 0.1) is 0 Å². The third-order valence-electron chi connectivity index (χ3n) is 2.23. The van der Waals surface area contributed by atoms with Crippen molar-refractivity contribution in [3.05, 3.63) is 29.8 Å². The van der Waals surface area contributed by atoms with Crippen LogP contribution in [0.3, 0.4) is 0 Å². The lowest BCUT2D eigenvalue weighted by Gasteiger charge is -2.12. The summed E-state index contributed by atoms with van der Waals surface area (Å²) in [5.74, 6) is 1.11. The number of benzene rings is 1. The molecule has 1 aromatic carbocycles. The summed E-state index contributed by atoms with van der Waals surface area (Å²) in [6, 6.07) is 8.65. The number of hydrogen-bond donors (Lipinski definition) is 2. The molecular formula is C12H20N2S. The minimum Gasteiger partial charge on any atom is -0.323 e. The van der Waals surface area contributed by atoms with E-state index in [1.807, 2.05) is 11.8 Å². The molecule has 0 saturated heterocycles. The van der Waals surface area contributed by atoms with E-state index in [1.54, 1.807) is 0 Å². The van der Waals surface area contributed by atoms with Gasteiger partial charge in [0.1, 0.15) is 0 Å². The van der Waals surface area contributed by atoms with Gasteiger partial charge in [-0.2, -0.15) is 0 Å². The molecule has 0 radical (unpaired) electrons. The minimum absolute atomic E-state index is 0.102. The summed E-state index contributed by atoms with van der Waals surface area (Å²) < 4.78 is 0. The van der Waals surface area contributed by atoms with E-state index in [-0.39, 0.29) is 6.04 Å². The van der Waals surface area contributed by atoms with Gasteiger partial charge in [-0.05, 0) is 30.0 Å². The van der Waals surface area contributed by atoms with Crippen LogP contribution in [0.2, 0.25) is 0 Å². The van der Waals surface area contributed by atoms with E-state index in [0.29, 0.717) is 0 Å². The Bertz CT molecular complexity index is 271. The van der Waals surface area contributed by atoms with Gasteiger partial charge in [-0.25, -0.2) is 0 Å². The van der Waals surface area contributed by atoms with Crippen LogP contribution in [0.4, 0.5) is 0 Å². The maximum Gasteiger partial charge on any atom is 0.0421 e. The van der Waals surface area contributed by atoms with Crippen molar-refractivity contribution in [1.82, 2.24) is 5.32 Å². The lowest BCUT2D eigenvalue weighted by Crippen LogP contribution is -2.26. The first kappa shape index (κ1) is 12.6. The zero-order valence-electron chi connectivity index (χ0n) is 9.49. The average molecular weight is 224 g/mol. The summed E-state index contributed by atoms with van der Waals surface area (Å²) >= 11 is 1.86. The number of likely N-dealkylation sites (N-methyl/N-ethyl adjacent to an activating group) is 1. The lowest BCUT2D eigenvalue weighted by molar-refractivity contribution is 0.615. The van der Waals surface area contributed by atoms with Gasteiger partial charge in [0.2, 0.25) is 0 Å². The molecular weight excluding hydrogens is 204 g/mol. The highest BCUT2D eigenvalue weighted by molar-refractivity contribution is 7.99. The highest BCUT2D eigenvalue weighted by Gasteiger charge is 2.04. The van der Waals surface area contributed by atoms with E-state index in [9.17, 15) is 0 Å². The van der Waals surface area contributed by atoms with Gasteiger partial charge in [0.05, 0.1) is 0 Å². The number of nitrogens with one attached hydrogen (secondary N) is 1. The normalized spacial score (nSPS) is 12.7. The van der Waals surface area contributed by atoms with Crippen LogP contribution >= 0.6 is 11.8 Å². The van der Waals surface area contributed by atoms with Crippen LogP contribution in [0.1, 0.15) is 25.5 Å². The van der Waals surface area contributed by atoms with Crippen molar-refractivity contribution >= 4 is 11.8 Å². The Labute approximate surface area is 96.6 Å². The van der Waals surface area contributed by atoms with E-state index >= 15 is 0 Å². The molecule has 0 aromatic heterocycles. The van der Waals surface area contributed by atoms with E-state index in [4.69, 9.17) is 5.73 Å². The SMILES string of the molecule is CCNCC(N)c1ccc(SCC)cc1. The standard InChI is InChI=1S/C12H20N2S/c1-3-14-9-12(13)10-5-7-11(8-6-10)15-4-2/h5-8,12,14H,3-4,9,13H2,1-2H3. The van der Waals surface area contributed by atoms with Crippen molar-refractivity contribution in [2.75, 3.05) is 18.8 Å². The van der Waals surface area contributed by atoms with Gasteiger partial charge < -0.3 is 11.1 Å². The Morgan fingerprint density at radius 1 is 1.27 bits per heavy atom. The fourth-order valence-electron chi connectivity index (χ4n) is 1.40. The average Bonchev–Trinajstić information content (AvgIpc) is 2.27. The van der Waals surface area contributed by atoms with Gasteiger partial charge in [0, 0.05) is 17.5 Å². The van der Waals surface area contributed by atoms with Crippen LogP contribution in [-0.2, 0) is 0 Å². The molecule has 1 aromatic rings. The van der Waals surface area contributed by atoms with E-state index in [1.165, 1.54) is 10.5 Å². The Balaban J connectivity index is 2.54. The number of hydrogen-bond acceptors (Lipinski definition) is 3. The quantitative estimate of drug-likeness (QED) is 0.729. The molecule has 0 aliphatic carbocycles. The molecule has 0 heterocycles. The van der Waals surface area contributed by atoms with Gasteiger partial charge in [-0.3, -0.25) is 0 Å². The number of nitrogens with two attached hydrogens (primary N) is 1. The van der Waals surface area contributed by atoms with Crippen LogP contribution in [-0.4, -0.2) is 18.8 Å². The summed E-state index contributed by atoms with van der Waals surface area (Å²) in [4.78, 5) is 1.32. The second-order valence-corrected chi connectivity index (χ2v) is 4.75. The molecule has 0 aliphatic rings. The van der Waals surface area contributed by atoms with Crippen molar-refractivity contribution in [1.29, 1.82) is 0 Å². The maximum atomic E-state index is 6.04. The fourth-order valence-corrected chi connectivity index (χ4v) is 2.06. The summed E-state index contributed by atoms with van der Waals surface area (Å²) in [5.41, 5.74) is 7.24. The third kappa shape index (κ3) is 4.24. The van der Waals surface area contributed by atoms with E-state index in [2.05, 4.69) is 43.4 Å². The molecule has 0 aliphatic heterocycles. The van der Waals surface area contributed by atoms with Crippen LogP contribution < -0.4 is 11.1 Å². The Morgan fingerprint density at radius 2 is 1.93 bits per heavy atom. The molecule has 15 heavy (non-hydrogen) atoms. The minimum atomic E-state index is 0.102. The Kier molecular flexibility index (Phi) is 5.76. The highest BCUT2D eigenvalue weighted by Crippen LogP contribution is 2.19. The first-order valence-corrected chi connectivity index (χ1v) is 6.45. The van der Waals surface area contributed by atoms with Crippen molar-refractivity contribution in [3.8, 4) is 0 Å². The molecule has 3 heteroatoms. The molecule has 3 N–H and O–H groups in total. The van der Waals surface area contributed by atoms with Gasteiger partial charge in [-0.1, -0.05) is 26.0 Å². The number of rotatable bonds is 6. The zero-order valence-corrected chi connectivity index (χ0v) is 10.3. The molecule has 0 amide bonds. The molecule has 1 rings (SSSR count).